The molecule has 1 N–H and O–H groups in total. The van der Waals surface area contributed by atoms with Crippen LogP contribution in [0.1, 0.15) is 90.9 Å². The largest absolute Gasteiger partial charge is 0.389 e. The first-order valence-electron chi connectivity index (χ1n) is 12.5. The lowest BCUT2D eigenvalue weighted by Gasteiger charge is -2.49. The highest BCUT2D eigenvalue weighted by Crippen LogP contribution is 2.45. The van der Waals surface area contributed by atoms with E-state index in [0.29, 0.717) is 23.9 Å². The van der Waals surface area contributed by atoms with Gasteiger partial charge < -0.3 is 14.7 Å². The Morgan fingerprint density at radius 3 is 2.17 bits per heavy atom. The maximum atomic E-state index is 11.8. The van der Waals surface area contributed by atoms with Gasteiger partial charge in [-0.25, -0.2) is 0 Å². The second kappa shape index (κ2) is 11.1. The number of piperidine rings is 1. The maximum Gasteiger partial charge on any atom is 0.0727 e. The van der Waals surface area contributed by atoms with Gasteiger partial charge in [0, 0.05) is 19.1 Å². The molecule has 29 heavy (non-hydrogen) atoms. The third kappa shape index (κ3) is 5.96. The molecule has 0 aromatic carbocycles. The molecule has 0 amide bonds. The van der Waals surface area contributed by atoms with Gasteiger partial charge in [-0.05, 0) is 88.6 Å². The van der Waals surface area contributed by atoms with Gasteiger partial charge in [-0.15, -0.1) is 0 Å². The molecule has 3 aliphatic rings. The normalized spacial score (nSPS) is 30.2. The monoisotopic (exact) mass is 404 g/mol. The molecular formula is C25H44N2O2. The van der Waals surface area contributed by atoms with E-state index in [1.807, 2.05) is 0 Å². The molecule has 1 heterocycles. The van der Waals surface area contributed by atoms with Gasteiger partial charge in [-0.3, -0.25) is 0 Å². The number of nitriles is 1. The third-order valence-corrected chi connectivity index (χ3v) is 8.25. The molecule has 0 spiro atoms. The number of aliphatic hydroxyl groups is 1. The Balaban J connectivity index is 1.36. The number of ether oxygens (including phenoxy) is 1. The quantitative estimate of drug-likeness (QED) is 0.568. The van der Waals surface area contributed by atoms with E-state index in [1.54, 1.807) is 0 Å². The SMILES string of the molecule is CC(C)C(O)(C1CCCCC1)C1CCN(CCCOC2CCC(C#N)CC2)CC1. The van der Waals surface area contributed by atoms with E-state index in [4.69, 9.17) is 10.00 Å². The molecule has 4 nitrogen and oxygen atoms in total. The standard InChI is InChI=1S/C25H44N2O2/c1-20(2)25(28,22-7-4-3-5-8-22)23-13-16-27(17-14-23)15-6-18-29-24-11-9-21(19-26)10-12-24/h20-24,28H,3-18H2,1-2H3. The Labute approximate surface area is 179 Å². The summed E-state index contributed by atoms with van der Waals surface area (Å²) in [6.07, 6.45) is 14.3. The molecule has 2 saturated carbocycles. The Bertz CT molecular complexity index is 509. The predicted molar refractivity (Wildman–Crippen MR) is 117 cm³/mol. The van der Waals surface area contributed by atoms with Crippen molar-refractivity contribution in [3.05, 3.63) is 0 Å². The van der Waals surface area contributed by atoms with E-state index in [9.17, 15) is 5.11 Å². The van der Waals surface area contributed by atoms with Crippen molar-refractivity contribution in [3.8, 4) is 6.07 Å². The van der Waals surface area contributed by atoms with E-state index >= 15 is 0 Å². The minimum Gasteiger partial charge on any atom is -0.389 e. The number of nitrogens with zero attached hydrogens (tertiary/aromatic N) is 2. The molecule has 1 aliphatic heterocycles. The van der Waals surface area contributed by atoms with Gasteiger partial charge in [0.1, 0.15) is 0 Å². The third-order valence-electron chi connectivity index (χ3n) is 8.25. The number of likely N-dealkylation sites (tertiary alicyclic amines) is 1. The van der Waals surface area contributed by atoms with Crippen LogP contribution in [0.4, 0.5) is 0 Å². The van der Waals surface area contributed by atoms with Crippen molar-refractivity contribution >= 4 is 0 Å². The maximum absolute atomic E-state index is 11.8. The molecule has 3 rings (SSSR count). The fraction of sp³-hybridized carbons (Fsp3) is 0.960. The molecule has 0 radical (unpaired) electrons. The van der Waals surface area contributed by atoms with Crippen LogP contribution in [-0.2, 0) is 4.74 Å². The molecular weight excluding hydrogens is 360 g/mol. The second-order valence-electron chi connectivity index (χ2n) is 10.3. The summed E-state index contributed by atoms with van der Waals surface area (Å²) in [6, 6.07) is 2.40. The zero-order chi connectivity index (χ0) is 20.7. The van der Waals surface area contributed by atoms with Crippen LogP contribution in [0.15, 0.2) is 0 Å². The summed E-state index contributed by atoms with van der Waals surface area (Å²) in [4.78, 5) is 2.58. The highest BCUT2D eigenvalue weighted by Gasteiger charge is 2.46. The highest BCUT2D eigenvalue weighted by atomic mass is 16.5. The number of hydrogen-bond acceptors (Lipinski definition) is 4. The molecule has 1 atom stereocenters. The van der Waals surface area contributed by atoms with E-state index < -0.39 is 5.60 Å². The van der Waals surface area contributed by atoms with Crippen molar-refractivity contribution in [1.29, 1.82) is 5.26 Å². The Morgan fingerprint density at radius 1 is 0.966 bits per heavy atom. The van der Waals surface area contributed by atoms with Crippen molar-refractivity contribution < 1.29 is 9.84 Å². The van der Waals surface area contributed by atoms with Gasteiger partial charge in [-0.2, -0.15) is 5.26 Å². The molecule has 1 saturated heterocycles. The number of rotatable bonds is 8. The summed E-state index contributed by atoms with van der Waals surface area (Å²) in [6.45, 7) is 8.69. The van der Waals surface area contributed by atoms with Gasteiger partial charge in [0.25, 0.3) is 0 Å². The van der Waals surface area contributed by atoms with Crippen molar-refractivity contribution in [2.24, 2.45) is 23.7 Å². The van der Waals surface area contributed by atoms with Crippen LogP contribution >= 0.6 is 0 Å². The van der Waals surface area contributed by atoms with Crippen molar-refractivity contribution in [3.63, 3.8) is 0 Å². The van der Waals surface area contributed by atoms with Crippen molar-refractivity contribution in [2.75, 3.05) is 26.2 Å². The van der Waals surface area contributed by atoms with E-state index in [-0.39, 0.29) is 5.92 Å². The summed E-state index contributed by atoms with van der Waals surface area (Å²) in [7, 11) is 0. The molecule has 3 fully saturated rings. The van der Waals surface area contributed by atoms with Gasteiger partial charge in [-0.1, -0.05) is 33.1 Å². The first-order chi connectivity index (χ1) is 14.0. The van der Waals surface area contributed by atoms with Crippen LogP contribution in [0.25, 0.3) is 0 Å². The van der Waals surface area contributed by atoms with Crippen LogP contribution in [0.5, 0.6) is 0 Å². The van der Waals surface area contributed by atoms with Crippen LogP contribution in [0, 0.1) is 35.0 Å². The van der Waals surface area contributed by atoms with E-state index in [1.165, 1.54) is 32.1 Å². The topological polar surface area (TPSA) is 56.5 Å². The zero-order valence-electron chi connectivity index (χ0n) is 19.0. The zero-order valence-corrected chi connectivity index (χ0v) is 19.0. The van der Waals surface area contributed by atoms with Gasteiger partial charge in [0.2, 0.25) is 0 Å². The minimum absolute atomic E-state index is 0.259. The van der Waals surface area contributed by atoms with Gasteiger partial charge in [0.15, 0.2) is 0 Å². The first-order valence-corrected chi connectivity index (χ1v) is 12.5. The lowest BCUT2D eigenvalue weighted by molar-refractivity contribution is -0.129. The van der Waals surface area contributed by atoms with Crippen LogP contribution in [0.3, 0.4) is 0 Å². The van der Waals surface area contributed by atoms with Gasteiger partial charge in [0.05, 0.1) is 17.8 Å². The van der Waals surface area contributed by atoms with E-state index in [2.05, 4.69) is 24.8 Å². The molecule has 4 heteroatoms. The van der Waals surface area contributed by atoms with Crippen molar-refractivity contribution in [2.45, 2.75) is 103 Å². The van der Waals surface area contributed by atoms with Crippen LogP contribution in [0.2, 0.25) is 0 Å². The molecule has 1 unspecified atom stereocenters. The summed E-state index contributed by atoms with van der Waals surface area (Å²) in [5.41, 5.74) is -0.460. The highest BCUT2D eigenvalue weighted by molar-refractivity contribution is 4.97. The summed E-state index contributed by atoms with van der Waals surface area (Å²) in [5.74, 6) is 1.59. The van der Waals surface area contributed by atoms with E-state index in [0.717, 1.165) is 71.2 Å². The Hall–Kier alpha value is -0.630. The smallest absolute Gasteiger partial charge is 0.0727 e. The average molecular weight is 405 g/mol. The number of hydrogen-bond donors (Lipinski definition) is 1. The summed E-state index contributed by atoms with van der Waals surface area (Å²) < 4.78 is 6.08. The predicted octanol–water partition coefficient (Wildman–Crippen LogP) is 5.15. The summed E-state index contributed by atoms with van der Waals surface area (Å²) >= 11 is 0. The molecule has 0 aromatic rings. The van der Waals surface area contributed by atoms with Gasteiger partial charge >= 0.3 is 0 Å². The Kier molecular flexibility index (Phi) is 8.84. The second-order valence-corrected chi connectivity index (χ2v) is 10.3. The molecule has 166 valence electrons. The molecule has 2 aliphatic carbocycles. The molecule has 0 aromatic heterocycles. The minimum atomic E-state index is -0.460. The van der Waals surface area contributed by atoms with Crippen LogP contribution < -0.4 is 0 Å². The molecule has 0 bridgehead atoms. The fourth-order valence-electron chi connectivity index (χ4n) is 6.36. The Morgan fingerprint density at radius 2 is 1.59 bits per heavy atom. The first kappa shape index (κ1) is 23.0. The van der Waals surface area contributed by atoms with Crippen molar-refractivity contribution in [1.82, 2.24) is 4.90 Å². The van der Waals surface area contributed by atoms with Crippen LogP contribution in [-0.4, -0.2) is 48.0 Å². The fourth-order valence-corrected chi connectivity index (χ4v) is 6.36. The lowest BCUT2D eigenvalue weighted by Crippen LogP contribution is -2.53. The lowest BCUT2D eigenvalue weighted by atomic mass is 9.63. The summed E-state index contributed by atoms with van der Waals surface area (Å²) in [5, 5.41) is 20.8. The average Bonchev–Trinajstić information content (AvgIpc) is 2.77.